The Kier molecular flexibility index (Phi) is 5.20. The summed E-state index contributed by atoms with van der Waals surface area (Å²) in [5, 5.41) is 9.13. The molecule has 1 amide bonds. The number of halogens is 3. The Hall–Kier alpha value is -2.58. The predicted molar refractivity (Wildman–Crippen MR) is 75.9 cm³/mol. The number of hydrogen-bond acceptors (Lipinski definition) is 5. The molecule has 0 spiro atoms. The minimum Gasteiger partial charge on any atom is -0.370 e. The maximum Gasteiger partial charge on any atom is 0.417 e. The number of nitrogens with one attached hydrogen (secondary N) is 2. The van der Waals surface area contributed by atoms with Gasteiger partial charge >= 0.3 is 6.18 Å². The summed E-state index contributed by atoms with van der Waals surface area (Å²) >= 11 is 0. The van der Waals surface area contributed by atoms with Crippen LogP contribution in [0.25, 0.3) is 0 Å². The second-order valence-corrected chi connectivity index (χ2v) is 4.80. The van der Waals surface area contributed by atoms with Crippen molar-refractivity contribution < 1.29 is 22.5 Å². The average Bonchev–Trinajstić information content (AvgIpc) is 2.93. The quantitative estimate of drug-likeness (QED) is 0.797. The van der Waals surface area contributed by atoms with E-state index < -0.39 is 11.7 Å². The van der Waals surface area contributed by atoms with Gasteiger partial charge in [0.1, 0.15) is 5.82 Å². The SMILES string of the molecule is Cc1cc(C(=O)NCCCNc2ccc(C(F)(F)F)cn2)on1. The van der Waals surface area contributed by atoms with E-state index in [9.17, 15) is 18.0 Å². The molecule has 0 aliphatic rings. The van der Waals surface area contributed by atoms with E-state index in [-0.39, 0.29) is 11.7 Å². The Morgan fingerprint density at radius 1 is 1.30 bits per heavy atom. The van der Waals surface area contributed by atoms with Crippen LogP contribution in [-0.2, 0) is 6.18 Å². The van der Waals surface area contributed by atoms with Crippen LogP contribution in [0.2, 0.25) is 0 Å². The molecule has 23 heavy (non-hydrogen) atoms. The van der Waals surface area contributed by atoms with Gasteiger partial charge < -0.3 is 15.2 Å². The number of aromatic nitrogens is 2. The van der Waals surface area contributed by atoms with Gasteiger partial charge in [0.2, 0.25) is 5.76 Å². The fraction of sp³-hybridized carbons (Fsp3) is 0.357. The molecule has 0 radical (unpaired) electrons. The van der Waals surface area contributed by atoms with Crippen LogP contribution >= 0.6 is 0 Å². The van der Waals surface area contributed by atoms with E-state index >= 15 is 0 Å². The Labute approximate surface area is 130 Å². The smallest absolute Gasteiger partial charge is 0.370 e. The van der Waals surface area contributed by atoms with Crippen LogP contribution in [0.4, 0.5) is 19.0 Å². The Balaban J connectivity index is 1.68. The lowest BCUT2D eigenvalue weighted by molar-refractivity contribution is -0.137. The number of carbonyl (C=O) groups excluding carboxylic acids is 1. The number of hydrogen-bond donors (Lipinski definition) is 2. The van der Waals surface area contributed by atoms with Crippen molar-refractivity contribution in [3.8, 4) is 0 Å². The second kappa shape index (κ2) is 7.12. The van der Waals surface area contributed by atoms with Crippen molar-refractivity contribution in [1.82, 2.24) is 15.5 Å². The number of pyridine rings is 1. The van der Waals surface area contributed by atoms with Gasteiger partial charge in [0.05, 0.1) is 11.3 Å². The Bertz CT molecular complexity index is 653. The number of carbonyl (C=O) groups is 1. The molecule has 0 aliphatic heterocycles. The molecule has 2 rings (SSSR count). The monoisotopic (exact) mass is 328 g/mol. The van der Waals surface area contributed by atoms with Gasteiger partial charge in [-0.2, -0.15) is 13.2 Å². The zero-order chi connectivity index (χ0) is 16.9. The van der Waals surface area contributed by atoms with Crippen LogP contribution < -0.4 is 10.6 Å². The van der Waals surface area contributed by atoms with E-state index in [1.807, 2.05) is 0 Å². The first-order chi connectivity index (χ1) is 10.9. The van der Waals surface area contributed by atoms with Crippen molar-refractivity contribution in [3.05, 3.63) is 41.4 Å². The minimum absolute atomic E-state index is 0.139. The number of aryl methyl sites for hydroxylation is 1. The lowest BCUT2D eigenvalue weighted by Crippen LogP contribution is -2.25. The zero-order valence-electron chi connectivity index (χ0n) is 12.3. The van der Waals surface area contributed by atoms with Crippen molar-refractivity contribution in [2.75, 3.05) is 18.4 Å². The van der Waals surface area contributed by atoms with E-state index in [0.717, 1.165) is 12.3 Å². The molecule has 0 atom stereocenters. The molecule has 6 nitrogen and oxygen atoms in total. The van der Waals surface area contributed by atoms with Gasteiger partial charge in [-0.15, -0.1) is 0 Å². The van der Waals surface area contributed by atoms with Gasteiger partial charge in [-0.25, -0.2) is 4.98 Å². The van der Waals surface area contributed by atoms with Crippen molar-refractivity contribution >= 4 is 11.7 Å². The van der Waals surface area contributed by atoms with E-state index in [2.05, 4.69) is 20.8 Å². The second-order valence-electron chi connectivity index (χ2n) is 4.80. The average molecular weight is 328 g/mol. The molecule has 0 bridgehead atoms. The van der Waals surface area contributed by atoms with Crippen LogP contribution in [0.5, 0.6) is 0 Å². The fourth-order valence-corrected chi connectivity index (χ4v) is 1.73. The third-order valence-corrected chi connectivity index (χ3v) is 2.89. The van der Waals surface area contributed by atoms with Crippen LogP contribution in [0.1, 0.15) is 28.2 Å². The van der Waals surface area contributed by atoms with Gasteiger partial charge in [0.25, 0.3) is 5.91 Å². The van der Waals surface area contributed by atoms with Gasteiger partial charge in [0.15, 0.2) is 0 Å². The number of alkyl halides is 3. The molecule has 0 unspecified atom stereocenters. The van der Waals surface area contributed by atoms with Gasteiger partial charge in [0, 0.05) is 25.4 Å². The lowest BCUT2D eigenvalue weighted by atomic mass is 10.3. The maximum atomic E-state index is 12.4. The lowest BCUT2D eigenvalue weighted by Gasteiger charge is -2.08. The van der Waals surface area contributed by atoms with Crippen LogP contribution in [0.15, 0.2) is 28.9 Å². The Morgan fingerprint density at radius 3 is 2.65 bits per heavy atom. The molecule has 2 heterocycles. The summed E-state index contributed by atoms with van der Waals surface area (Å²) in [6.07, 6.45) is -3.05. The van der Waals surface area contributed by atoms with Gasteiger partial charge in [-0.3, -0.25) is 4.79 Å². The summed E-state index contributed by atoms with van der Waals surface area (Å²) in [5.41, 5.74) is -0.178. The first-order valence-electron chi connectivity index (χ1n) is 6.85. The largest absolute Gasteiger partial charge is 0.417 e. The van der Waals surface area contributed by atoms with Crippen LogP contribution in [0, 0.1) is 6.92 Å². The summed E-state index contributed by atoms with van der Waals surface area (Å²) in [6.45, 7) is 2.54. The molecule has 2 aromatic rings. The summed E-state index contributed by atoms with van der Waals surface area (Å²) in [7, 11) is 0. The molecule has 9 heteroatoms. The van der Waals surface area contributed by atoms with E-state index in [4.69, 9.17) is 4.52 Å². The van der Waals surface area contributed by atoms with Crippen molar-refractivity contribution in [2.24, 2.45) is 0 Å². The molecule has 2 N–H and O–H groups in total. The number of amides is 1. The molecule has 2 aromatic heterocycles. The predicted octanol–water partition coefficient (Wildman–Crippen LogP) is 2.63. The summed E-state index contributed by atoms with van der Waals surface area (Å²) in [4.78, 5) is 15.3. The van der Waals surface area contributed by atoms with Crippen molar-refractivity contribution in [2.45, 2.75) is 19.5 Å². The van der Waals surface area contributed by atoms with E-state index in [1.165, 1.54) is 12.1 Å². The minimum atomic E-state index is -4.39. The number of anilines is 1. The van der Waals surface area contributed by atoms with E-state index in [0.29, 0.717) is 31.0 Å². The van der Waals surface area contributed by atoms with Gasteiger partial charge in [-0.1, -0.05) is 5.16 Å². The molecule has 0 fully saturated rings. The zero-order valence-corrected chi connectivity index (χ0v) is 12.3. The molecular formula is C14H15F3N4O2. The topological polar surface area (TPSA) is 80.0 Å². The first kappa shape index (κ1) is 16.8. The Morgan fingerprint density at radius 2 is 2.09 bits per heavy atom. The summed E-state index contributed by atoms with van der Waals surface area (Å²) in [6, 6.07) is 3.75. The van der Waals surface area contributed by atoms with Crippen molar-refractivity contribution in [1.29, 1.82) is 0 Å². The van der Waals surface area contributed by atoms with Crippen LogP contribution in [0.3, 0.4) is 0 Å². The van der Waals surface area contributed by atoms with Crippen molar-refractivity contribution in [3.63, 3.8) is 0 Å². The molecular weight excluding hydrogens is 313 g/mol. The normalized spacial score (nSPS) is 11.3. The summed E-state index contributed by atoms with van der Waals surface area (Å²) in [5.74, 6) is 0.119. The van der Waals surface area contributed by atoms with E-state index in [1.54, 1.807) is 6.92 Å². The highest BCUT2D eigenvalue weighted by Crippen LogP contribution is 2.28. The highest BCUT2D eigenvalue weighted by molar-refractivity contribution is 5.91. The molecule has 0 aliphatic carbocycles. The summed E-state index contributed by atoms with van der Waals surface area (Å²) < 4.78 is 41.9. The fourth-order valence-electron chi connectivity index (χ4n) is 1.73. The highest BCUT2D eigenvalue weighted by atomic mass is 19.4. The maximum absolute atomic E-state index is 12.4. The molecule has 0 saturated heterocycles. The number of nitrogens with zero attached hydrogens (tertiary/aromatic N) is 2. The standard InChI is InChI=1S/C14H15F3N4O2/c1-9-7-11(23-21-9)13(22)19-6-2-5-18-12-4-3-10(8-20-12)14(15,16)17/h3-4,7-8H,2,5-6H2,1H3,(H,18,20)(H,19,22). The first-order valence-corrected chi connectivity index (χ1v) is 6.85. The number of rotatable bonds is 6. The molecule has 0 saturated carbocycles. The molecule has 124 valence electrons. The third-order valence-electron chi connectivity index (χ3n) is 2.89. The third kappa shape index (κ3) is 4.97. The highest BCUT2D eigenvalue weighted by Gasteiger charge is 2.30. The van der Waals surface area contributed by atoms with Gasteiger partial charge in [-0.05, 0) is 25.5 Å². The van der Waals surface area contributed by atoms with Crippen LogP contribution in [-0.4, -0.2) is 29.1 Å². The molecule has 0 aromatic carbocycles.